The first kappa shape index (κ1) is 20.3. The van der Waals surface area contributed by atoms with Crippen molar-refractivity contribution >= 4 is 11.8 Å². The Labute approximate surface area is 159 Å². The van der Waals surface area contributed by atoms with Crippen LogP contribution >= 0.6 is 0 Å². The molecule has 2 aromatic carbocycles. The van der Waals surface area contributed by atoms with Crippen LogP contribution in [0.2, 0.25) is 0 Å². The van der Waals surface area contributed by atoms with Gasteiger partial charge in [0.15, 0.2) is 6.61 Å². The Morgan fingerprint density at radius 3 is 2.22 bits per heavy atom. The molecule has 0 heterocycles. The Morgan fingerprint density at radius 2 is 1.59 bits per heavy atom. The number of rotatable bonds is 6. The van der Waals surface area contributed by atoms with E-state index in [1.807, 2.05) is 31.2 Å². The van der Waals surface area contributed by atoms with E-state index in [1.165, 1.54) is 0 Å². The smallest absolute Gasteiger partial charge is 0.276 e. The van der Waals surface area contributed by atoms with Crippen LogP contribution in [0.4, 0.5) is 0 Å². The number of hydrogen-bond donors (Lipinski definition) is 2. The molecule has 0 spiro atoms. The predicted octanol–water partition coefficient (Wildman–Crippen LogP) is 3.22. The van der Waals surface area contributed by atoms with Crippen molar-refractivity contribution in [1.82, 2.24) is 10.9 Å². The second-order valence-electron chi connectivity index (χ2n) is 6.99. The van der Waals surface area contributed by atoms with Crippen molar-refractivity contribution in [3.63, 3.8) is 0 Å². The molecule has 0 fully saturated rings. The molecule has 0 aliphatic rings. The molecular weight excluding hydrogens is 344 g/mol. The maximum atomic E-state index is 12.1. The fourth-order valence-electron chi connectivity index (χ4n) is 2.46. The summed E-state index contributed by atoms with van der Waals surface area (Å²) in [5, 5.41) is 0. The van der Waals surface area contributed by atoms with Crippen molar-refractivity contribution in [2.75, 3.05) is 13.2 Å². The van der Waals surface area contributed by atoms with Crippen LogP contribution in [-0.4, -0.2) is 25.0 Å². The lowest BCUT2D eigenvalue weighted by atomic mass is 9.86. The zero-order chi connectivity index (χ0) is 19.9. The molecule has 0 unspecified atom stereocenters. The number of amides is 2. The Kier molecular flexibility index (Phi) is 6.82. The molecule has 0 aromatic heterocycles. The van der Waals surface area contributed by atoms with E-state index in [2.05, 4.69) is 31.6 Å². The number of ether oxygens (including phenoxy) is 2. The van der Waals surface area contributed by atoms with Crippen molar-refractivity contribution < 1.29 is 19.1 Å². The molecule has 0 atom stereocenters. The van der Waals surface area contributed by atoms with Gasteiger partial charge in [0.25, 0.3) is 11.8 Å². The molecule has 2 aromatic rings. The van der Waals surface area contributed by atoms with E-state index in [0.717, 1.165) is 5.56 Å². The van der Waals surface area contributed by atoms with Crippen LogP contribution in [0.3, 0.4) is 0 Å². The van der Waals surface area contributed by atoms with E-state index in [1.54, 1.807) is 24.3 Å². The number of hydrazine groups is 1. The van der Waals surface area contributed by atoms with Crippen molar-refractivity contribution in [2.24, 2.45) is 0 Å². The van der Waals surface area contributed by atoms with Gasteiger partial charge in [-0.25, -0.2) is 0 Å². The summed E-state index contributed by atoms with van der Waals surface area (Å²) in [6.45, 7) is 8.47. The molecule has 144 valence electrons. The number of hydrogen-bond acceptors (Lipinski definition) is 4. The van der Waals surface area contributed by atoms with E-state index in [0.29, 0.717) is 23.7 Å². The third kappa shape index (κ3) is 6.02. The van der Waals surface area contributed by atoms with Gasteiger partial charge in [-0.05, 0) is 48.2 Å². The Bertz CT molecular complexity index is 780. The maximum absolute atomic E-state index is 12.1. The van der Waals surface area contributed by atoms with Gasteiger partial charge >= 0.3 is 0 Å². The molecule has 6 nitrogen and oxygen atoms in total. The van der Waals surface area contributed by atoms with Gasteiger partial charge in [-0.1, -0.05) is 39.0 Å². The lowest BCUT2D eigenvalue weighted by molar-refractivity contribution is -0.123. The van der Waals surface area contributed by atoms with Gasteiger partial charge in [0.2, 0.25) is 0 Å². The molecule has 0 aliphatic carbocycles. The molecule has 0 saturated heterocycles. The number of carbonyl (C=O) groups is 2. The summed E-state index contributed by atoms with van der Waals surface area (Å²) in [5.41, 5.74) is 6.05. The van der Waals surface area contributed by atoms with E-state index in [9.17, 15) is 9.59 Å². The normalized spacial score (nSPS) is 10.8. The maximum Gasteiger partial charge on any atom is 0.276 e. The van der Waals surface area contributed by atoms with Crippen LogP contribution in [0.15, 0.2) is 48.5 Å². The van der Waals surface area contributed by atoms with Crippen molar-refractivity contribution in [2.45, 2.75) is 33.1 Å². The summed E-state index contributed by atoms with van der Waals surface area (Å²) in [6, 6.07) is 14.2. The minimum atomic E-state index is -0.446. The number of carbonyl (C=O) groups excluding carboxylic acids is 2. The van der Waals surface area contributed by atoms with E-state index in [4.69, 9.17) is 9.47 Å². The highest BCUT2D eigenvalue weighted by molar-refractivity contribution is 5.95. The second kappa shape index (κ2) is 9.07. The lowest BCUT2D eigenvalue weighted by Gasteiger charge is -2.22. The number of nitrogens with one attached hydrogen (secondary N) is 2. The number of benzene rings is 2. The van der Waals surface area contributed by atoms with E-state index in [-0.39, 0.29) is 12.0 Å². The fourth-order valence-corrected chi connectivity index (χ4v) is 2.46. The molecule has 0 radical (unpaired) electrons. The van der Waals surface area contributed by atoms with Crippen LogP contribution in [0.1, 0.15) is 43.6 Å². The van der Waals surface area contributed by atoms with Gasteiger partial charge in [0, 0.05) is 5.56 Å². The molecule has 2 amide bonds. The molecule has 0 saturated carbocycles. The van der Waals surface area contributed by atoms with E-state index < -0.39 is 11.8 Å². The summed E-state index contributed by atoms with van der Waals surface area (Å²) in [4.78, 5) is 24.1. The summed E-state index contributed by atoms with van der Waals surface area (Å²) in [6.07, 6.45) is 0. The Hall–Kier alpha value is -3.02. The first-order valence-electron chi connectivity index (χ1n) is 8.85. The SMILES string of the molecule is CCOc1ccc(C(=O)NNC(=O)COc2ccccc2C(C)(C)C)cc1. The summed E-state index contributed by atoms with van der Waals surface area (Å²) >= 11 is 0. The van der Waals surface area contributed by atoms with Crippen molar-refractivity contribution in [3.05, 3.63) is 59.7 Å². The minimum Gasteiger partial charge on any atom is -0.494 e. The van der Waals surface area contributed by atoms with Gasteiger partial charge in [-0.2, -0.15) is 0 Å². The highest BCUT2D eigenvalue weighted by Gasteiger charge is 2.19. The largest absolute Gasteiger partial charge is 0.494 e. The van der Waals surface area contributed by atoms with Gasteiger partial charge in [-0.3, -0.25) is 20.4 Å². The monoisotopic (exact) mass is 370 g/mol. The number of para-hydroxylation sites is 1. The molecule has 0 bridgehead atoms. The van der Waals surface area contributed by atoms with Crippen LogP contribution in [0.25, 0.3) is 0 Å². The van der Waals surface area contributed by atoms with Crippen LogP contribution in [0, 0.1) is 0 Å². The lowest BCUT2D eigenvalue weighted by Crippen LogP contribution is -2.43. The van der Waals surface area contributed by atoms with Gasteiger partial charge in [0.1, 0.15) is 11.5 Å². The highest BCUT2D eigenvalue weighted by Crippen LogP contribution is 2.30. The van der Waals surface area contributed by atoms with Crippen LogP contribution in [0.5, 0.6) is 11.5 Å². The van der Waals surface area contributed by atoms with Crippen molar-refractivity contribution in [1.29, 1.82) is 0 Å². The molecule has 27 heavy (non-hydrogen) atoms. The average molecular weight is 370 g/mol. The molecule has 2 rings (SSSR count). The van der Waals surface area contributed by atoms with Crippen LogP contribution in [-0.2, 0) is 10.2 Å². The predicted molar refractivity (Wildman–Crippen MR) is 104 cm³/mol. The summed E-state index contributed by atoms with van der Waals surface area (Å²) in [7, 11) is 0. The molecule has 0 aliphatic heterocycles. The zero-order valence-electron chi connectivity index (χ0n) is 16.2. The fraction of sp³-hybridized carbons (Fsp3) is 0.333. The topological polar surface area (TPSA) is 76.7 Å². The Morgan fingerprint density at radius 1 is 0.926 bits per heavy atom. The zero-order valence-corrected chi connectivity index (χ0v) is 16.2. The second-order valence-corrected chi connectivity index (χ2v) is 6.99. The third-order valence-corrected chi connectivity index (χ3v) is 3.80. The van der Waals surface area contributed by atoms with Crippen LogP contribution < -0.4 is 20.3 Å². The quantitative estimate of drug-likeness (QED) is 0.766. The average Bonchev–Trinajstić information content (AvgIpc) is 2.65. The first-order valence-corrected chi connectivity index (χ1v) is 8.85. The van der Waals surface area contributed by atoms with Gasteiger partial charge < -0.3 is 9.47 Å². The van der Waals surface area contributed by atoms with Gasteiger partial charge in [-0.15, -0.1) is 0 Å². The molecule has 6 heteroatoms. The highest BCUT2D eigenvalue weighted by atomic mass is 16.5. The molecule has 2 N–H and O–H groups in total. The standard InChI is InChI=1S/C21H26N2O4/c1-5-26-16-12-10-15(11-13-16)20(25)23-22-19(24)14-27-18-9-7-6-8-17(18)21(2,3)4/h6-13H,5,14H2,1-4H3,(H,22,24)(H,23,25). The summed E-state index contributed by atoms with van der Waals surface area (Å²) in [5.74, 6) is 0.474. The molecular formula is C21H26N2O4. The van der Waals surface area contributed by atoms with Crippen molar-refractivity contribution in [3.8, 4) is 11.5 Å². The minimum absolute atomic E-state index is 0.102. The Balaban J connectivity index is 1.85. The first-order chi connectivity index (χ1) is 12.8. The van der Waals surface area contributed by atoms with Gasteiger partial charge in [0.05, 0.1) is 6.61 Å². The third-order valence-electron chi connectivity index (χ3n) is 3.80. The summed E-state index contributed by atoms with van der Waals surface area (Å²) < 4.78 is 11.0. The van der Waals surface area contributed by atoms with E-state index >= 15 is 0 Å².